The molecule has 4 aliphatic carbocycles. The maximum absolute atomic E-state index is 12.7. The van der Waals surface area contributed by atoms with E-state index in [1.807, 2.05) is 6.07 Å². The van der Waals surface area contributed by atoms with Crippen LogP contribution in [0.15, 0.2) is 27.6 Å². The second kappa shape index (κ2) is 10.4. The molecule has 9 heteroatoms. The Morgan fingerprint density at radius 3 is 2.50 bits per heavy atom. The molecular weight excluding hydrogens is 510 g/mol. The lowest BCUT2D eigenvalue weighted by Gasteiger charge is -2.66. The van der Waals surface area contributed by atoms with E-state index in [2.05, 4.69) is 29.4 Å². The molecule has 40 heavy (non-hydrogen) atoms. The third-order valence-electron chi connectivity index (χ3n) is 12.3. The SMILES string of the molecule is CC12CC[C@H](NC(=O)NCCN3CCOCC3)C[C@@]1(O)CC[C@@H]1[C@@H]2CCC2(C)[C@@H](c3ccc(=O)oc3)CC[C@]12O. The van der Waals surface area contributed by atoms with Crippen molar-refractivity contribution in [3.8, 4) is 0 Å². The van der Waals surface area contributed by atoms with Crippen molar-refractivity contribution in [2.45, 2.75) is 94.8 Å². The molecule has 8 atom stereocenters. The van der Waals surface area contributed by atoms with E-state index in [-0.39, 0.29) is 46.3 Å². The van der Waals surface area contributed by atoms with Crippen LogP contribution in [0.25, 0.3) is 0 Å². The summed E-state index contributed by atoms with van der Waals surface area (Å²) in [7, 11) is 0. The summed E-state index contributed by atoms with van der Waals surface area (Å²) >= 11 is 0. The summed E-state index contributed by atoms with van der Waals surface area (Å²) in [6.07, 6.45) is 8.71. The van der Waals surface area contributed by atoms with Crippen molar-refractivity contribution in [2.75, 3.05) is 39.4 Å². The molecule has 0 spiro atoms. The number of fused-ring (bicyclic) bond motifs is 5. The first kappa shape index (κ1) is 28.2. The summed E-state index contributed by atoms with van der Waals surface area (Å²) in [4.78, 5) is 26.6. The van der Waals surface area contributed by atoms with Crippen molar-refractivity contribution in [3.63, 3.8) is 0 Å². The van der Waals surface area contributed by atoms with Crippen LogP contribution in [0.5, 0.6) is 0 Å². The first-order valence-electron chi connectivity index (χ1n) is 15.5. The van der Waals surface area contributed by atoms with Crippen molar-refractivity contribution >= 4 is 6.03 Å². The van der Waals surface area contributed by atoms with Crippen molar-refractivity contribution in [2.24, 2.45) is 22.7 Å². The van der Waals surface area contributed by atoms with Crippen LogP contribution in [0.4, 0.5) is 4.79 Å². The van der Waals surface area contributed by atoms with E-state index in [4.69, 9.17) is 9.15 Å². The molecule has 6 rings (SSSR count). The van der Waals surface area contributed by atoms with Crippen LogP contribution in [-0.4, -0.2) is 77.8 Å². The van der Waals surface area contributed by atoms with Crippen LogP contribution in [0.3, 0.4) is 0 Å². The van der Waals surface area contributed by atoms with Crippen LogP contribution in [0, 0.1) is 22.7 Å². The Kier molecular flexibility index (Phi) is 7.33. The summed E-state index contributed by atoms with van der Waals surface area (Å²) in [6, 6.07) is 3.14. The maximum atomic E-state index is 12.7. The molecular formula is C31H47N3O6. The Balaban J connectivity index is 1.11. The Bertz CT molecular complexity index is 1130. The Labute approximate surface area is 237 Å². The topological polar surface area (TPSA) is 124 Å². The van der Waals surface area contributed by atoms with E-state index in [1.54, 1.807) is 6.26 Å². The summed E-state index contributed by atoms with van der Waals surface area (Å²) in [5.41, 5.74) is -1.60. The zero-order chi connectivity index (χ0) is 28.2. The van der Waals surface area contributed by atoms with Gasteiger partial charge in [-0.3, -0.25) is 4.90 Å². The zero-order valence-corrected chi connectivity index (χ0v) is 24.1. The molecule has 5 fully saturated rings. The molecule has 0 aromatic carbocycles. The molecule has 2 heterocycles. The number of hydrogen-bond acceptors (Lipinski definition) is 7. The highest BCUT2D eigenvalue weighted by molar-refractivity contribution is 5.74. The monoisotopic (exact) mass is 557 g/mol. The van der Waals surface area contributed by atoms with E-state index in [0.29, 0.717) is 19.4 Å². The second-order valence-corrected chi connectivity index (χ2v) is 13.9. The standard InChI is InChI=1S/C31H47N3O6/c1-28-9-5-22(33-27(36)32-13-14-34-15-17-39-18-16-34)19-30(28,37)11-7-25-24(28)6-10-29(2)23(8-12-31(25,29)38)21-3-4-26(35)40-20-21/h3-4,20,22-25,37-38H,5-19H2,1-2H3,(H2,32,33,36)/t22-,23+,24-,25+,28?,29?,30-,31-/m0/s1. The van der Waals surface area contributed by atoms with Crippen LogP contribution in [0.2, 0.25) is 0 Å². The van der Waals surface area contributed by atoms with Crippen LogP contribution < -0.4 is 16.3 Å². The second-order valence-electron chi connectivity index (χ2n) is 13.9. The van der Waals surface area contributed by atoms with E-state index in [0.717, 1.165) is 83.4 Å². The quantitative estimate of drug-likeness (QED) is 0.439. The first-order valence-corrected chi connectivity index (χ1v) is 15.5. The fourth-order valence-electron chi connectivity index (χ4n) is 9.84. The molecule has 2 amide bonds. The van der Waals surface area contributed by atoms with Gasteiger partial charge in [0.05, 0.1) is 30.7 Å². The number of nitrogens with zero attached hydrogens (tertiary/aromatic N) is 1. The molecule has 1 aromatic heterocycles. The molecule has 4 N–H and O–H groups in total. The predicted octanol–water partition coefficient (Wildman–Crippen LogP) is 3.00. The number of urea groups is 1. The number of morpholine rings is 1. The molecule has 1 aliphatic heterocycles. The molecule has 5 aliphatic rings. The van der Waals surface area contributed by atoms with Crippen LogP contribution in [0.1, 0.15) is 83.1 Å². The van der Waals surface area contributed by atoms with Gasteiger partial charge in [0.2, 0.25) is 0 Å². The molecule has 0 bridgehead atoms. The fraction of sp³-hybridized carbons (Fsp3) is 0.806. The highest BCUT2D eigenvalue weighted by Crippen LogP contribution is 2.71. The van der Waals surface area contributed by atoms with Crippen molar-refractivity contribution < 1.29 is 24.2 Å². The van der Waals surface area contributed by atoms with E-state index >= 15 is 0 Å². The van der Waals surface area contributed by atoms with Gasteiger partial charge in [0.25, 0.3) is 0 Å². The number of hydrogen-bond donors (Lipinski definition) is 4. The van der Waals surface area contributed by atoms with E-state index in [1.165, 1.54) is 6.07 Å². The van der Waals surface area contributed by atoms with E-state index in [9.17, 15) is 19.8 Å². The van der Waals surface area contributed by atoms with Gasteiger partial charge in [-0.2, -0.15) is 0 Å². The van der Waals surface area contributed by atoms with Gasteiger partial charge >= 0.3 is 11.7 Å². The number of nitrogens with one attached hydrogen (secondary N) is 2. The molecule has 2 unspecified atom stereocenters. The van der Waals surface area contributed by atoms with Gasteiger partial charge in [-0.25, -0.2) is 9.59 Å². The molecule has 1 aromatic rings. The lowest BCUT2D eigenvalue weighted by molar-refractivity contribution is -0.247. The predicted molar refractivity (Wildman–Crippen MR) is 150 cm³/mol. The normalized spacial score (nSPS) is 43.3. The van der Waals surface area contributed by atoms with Crippen molar-refractivity contribution in [3.05, 3.63) is 34.4 Å². The van der Waals surface area contributed by atoms with E-state index < -0.39 is 11.2 Å². The lowest BCUT2D eigenvalue weighted by Crippen LogP contribution is -2.68. The van der Waals surface area contributed by atoms with Gasteiger partial charge in [-0.1, -0.05) is 13.8 Å². The average Bonchev–Trinajstić information content (AvgIpc) is 3.21. The highest BCUT2D eigenvalue weighted by Gasteiger charge is 2.69. The minimum absolute atomic E-state index is 0.0569. The van der Waals surface area contributed by atoms with Gasteiger partial charge < -0.3 is 30.0 Å². The minimum Gasteiger partial charge on any atom is -0.431 e. The maximum Gasteiger partial charge on any atom is 0.335 e. The Morgan fingerprint density at radius 1 is 1.00 bits per heavy atom. The van der Waals surface area contributed by atoms with Crippen LogP contribution in [-0.2, 0) is 4.74 Å². The summed E-state index contributed by atoms with van der Waals surface area (Å²) < 4.78 is 10.6. The number of carbonyl (C=O) groups excluding carboxylic acids is 1. The largest absolute Gasteiger partial charge is 0.431 e. The highest BCUT2D eigenvalue weighted by atomic mass is 16.5. The average molecular weight is 558 g/mol. The third-order valence-corrected chi connectivity index (χ3v) is 12.3. The van der Waals surface area contributed by atoms with Gasteiger partial charge in [-0.15, -0.1) is 0 Å². The Hall–Kier alpha value is -1.94. The summed E-state index contributed by atoms with van der Waals surface area (Å²) in [5.74, 6) is 0.517. The zero-order valence-electron chi connectivity index (χ0n) is 24.1. The molecule has 0 radical (unpaired) electrons. The number of carbonyl (C=O) groups is 1. The molecule has 222 valence electrons. The number of ether oxygens (including phenoxy) is 1. The summed E-state index contributed by atoms with van der Waals surface area (Å²) in [5, 5.41) is 30.7. The molecule has 9 nitrogen and oxygen atoms in total. The van der Waals surface area contributed by atoms with Crippen molar-refractivity contribution in [1.29, 1.82) is 0 Å². The third kappa shape index (κ3) is 4.52. The lowest BCUT2D eigenvalue weighted by atomic mass is 9.42. The molecule has 4 saturated carbocycles. The smallest absolute Gasteiger partial charge is 0.335 e. The molecule has 1 saturated heterocycles. The van der Waals surface area contributed by atoms with Gasteiger partial charge in [0.15, 0.2) is 0 Å². The fourth-order valence-corrected chi connectivity index (χ4v) is 9.84. The first-order chi connectivity index (χ1) is 19.1. The number of aliphatic hydroxyl groups is 2. The van der Waals surface area contributed by atoms with Gasteiger partial charge in [0, 0.05) is 43.7 Å². The van der Waals surface area contributed by atoms with Gasteiger partial charge in [-0.05, 0) is 92.6 Å². The van der Waals surface area contributed by atoms with Crippen molar-refractivity contribution in [1.82, 2.24) is 15.5 Å². The number of rotatable bonds is 5. The number of amides is 2. The van der Waals surface area contributed by atoms with Crippen LogP contribution >= 0.6 is 0 Å². The minimum atomic E-state index is -0.858. The Morgan fingerprint density at radius 2 is 1.75 bits per heavy atom. The summed E-state index contributed by atoms with van der Waals surface area (Å²) in [6.45, 7) is 9.18. The van der Waals surface area contributed by atoms with Gasteiger partial charge in [0.1, 0.15) is 0 Å².